The number of aryl methyl sites for hydroxylation is 1. The van der Waals surface area contributed by atoms with Gasteiger partial charge in [-0.1, -0.05) is 6.92 Å². The zero-order valence-corrected chi connectivity index (χ0v) is 9.60. The predicted octanol–water partition coefficient (Wildman–Crippen LogP) is 1.84. The maximum atomic E-state index is 11.7. The maximum absolute atomic E-state index is 11.7. The lowest BCUT2D eigenvalue weighted by atomic mass is 10.0. The number of nitrogens with one attached hydrogen (secondary N) is 1. The molecule has 3 nitrogen and oxygen atoms in total. The molecule has 0 radical (unpaired) electrons. The Kier molecular flexibility index (Phi) is 2.69. The van der Waals surface area contributed by atoms with Crippen LogP contribution in [0.4, 0.5) is 5.69 Å². The molecule has 4 heteroatoms. The molecule has 0 bridgehead atoms. The van der Waals surface area contributed by atoms with Gasteiger partial charge >= 0.3 is 0 Å². The van der Waals surface area contributed by atoms with Gasteiger partial charge in [-0.3, -0.25) is 0 Å². The van der Waals surface area contributed by atoms with Crippen LogP contribution in [0.3, 0.4) is 0 Å². The van der Waals surface area contributed by atoms with Gasteiger partial charge in [-0.25, -0.2) is 8.42 Å². The highest BCUT2D eigenvalue weighted by Crippen LogP contribution is 2.25. The fourth-order valence-corrected chi connectivity index (χ4v) is 2.74. The van der Waals surface area contributed by atoms with Gasteiger partial charge in [0, 0.05) is 12.2 Å². The topological polar surface area (TPSA) is 46.2 Å². The summed E-state index contributed by atoms with van der Waals surface area (Å²) < 4.78 is 23.3. The molecular weight excluding hydrogens is 210 g/mol. The maximum Gasteiger partial charge on any atom is 0.178 e. The molecule has 0 amide bonds. The number of anilines is 1. The van der Waals surface area contributed by atoms with Crippen molar-refractivity contribution in [1.29, 1.82) is 0 Å². The van der Waals surface area contributed by atoms with Gasteiger partial charge in [0.05, 0.1) is 10.6 Å². The van der Waals surface area contributed by atoms with E-state index in [0.717, 1.165) is 30.6 Å². The molecule has 0 unspecified atom stereocenters. The van der Waals surface area contributed by atoms with Crippen molar-refractivity contribution in [2.24, 2.45) is 0 Å². The van der Waals surface area contributed by atoms with Crippen molar-refractivity contribution < 1.29 is 8.42 Å². The molecule has 1 aliphatic rings. The Balaban J connectivity index is 2.45. The predicted molar refractivity (Wildman–Crippen MR) is 61.0 cm³/mol. The Morgan fingerprint density at radius 1 is 1.40 bits per heavy atom. The minimum absolute atomic E-state index is 0.166. The molecule has 0 fully saturated rings. The number of sulfone groups is 1. The van der Waals surface area contributed by atoms with Crippen LogP contribution in [0.2, 0.25) is 0 Å². The van der Waals surface area contributed by atoms with Gasteiger partial charge in [-0.05, 0) is 36.6 Å². The van der Waals surface area contributed by atoms with Gasteiger partial charge in [0.15, 0.2) is 9.84 Å². The fourth-order valence-electron chi connectivity index (χ4n) is 1.81. The number of benzene rings is 1. The lowest BCUT2D eigenvalue weighted by Crippen LogP contribution is -2.13. The van der Waals surface area contributed by atoms with Crippen molar-refractivity contribution >= 4 is 15.5 Å². The molecule has 1 aliphatic heterocycles. The first-order valence-electron chi connectivity index (χ1n) is 5.23. The second kappa shape index (κ2) is 3.85. The van der Waals surface area contributed by atoms with Crippen molar-refractivity contribution in [2.45, 2.75) is 24.7 Å². The van der Waals surface area contributed by atoms with Gasteiger partial charge in [0.2, 0.25) is 0 Å². The molecule has 1 heterocycles. The molecule has 2 rings (SSSR count). The van der Waals surface area contributed by atoms with Crippen LogP contribution in [-0.4, -0.2) is 20.7 Å². The lowest BCUT2D eigenvalue weighted by Gasteiger charge is -2.18. The second-order valence-corrected chi connectivity index (χ2v) is 6.03. The largest absolute Gasteiger partial charge is 0.385 e. The molecule has 1 aromatic rings. The summed E-state index contributed by atoms with van der Waals surface area (Å²) in [4.78, 5) is 0.451. The summed E-state index contributed by atoms with van der Waals surface area (Å²) in [5.41, 5.74) is 2.20. The minimum Gasteiger partial charge on any atom is -0.385 e. The summed E-state index contributed by atoms with van der Waals surface area (Å²) in [6, 6.07) is 5.37. The van der Waals surface area contributed by atoms with Crippen LogP contribution in [0.5, 0.6) is 0 Å². The van der Waals surface area contributed by atoms with Crippen LogP contribution < -0.4 is 5.32 Å². The number of hydrogen-bond donors (Lipinski definition) is 1. The first-order chi connectivity index (χ1) is 7.13. The second-order valence-electron chi connectivity index (χ2n) is 3.75. The average molecular weight is 225 g/mol. The molecule has 0 aliphatic carbocycles. The minimum atomic E-state index is -3.06. The molecule has 0 saturated carbocycles. The van der Waals surface area contributed by atoms with Crippen LogP contribution in [0.1, 0.15) is 18.9 Å². The summed E-state index contributed by atoms with van der Waals surface area (Å²) in [5, 5.41) is 3.26. The summed E-state index contributed by atoms with van der Waals surface area (Å²) in [5.74, 6) is 0.166. The summed E-state index contributed by atoms with van der Waals surface area (Å²) in [7, 11) is -3.06. The number of hydrogen-bond acceptors (Lipinski definition) is 3. The quantitative estimate of drug-likeness (QED) is 0.835. The third-order valence-electron chi connectivity index (χ3n) is 2.75. The monoisotopic (exact) mass is 225 g/mol. The van der Waals surface area contributed by atoms with Crippen LogP contribution in [0.25, 0.3) is 0 Å². The third kappa shape index (κ3) is 2.00. The van der Waals surface area contributed by atoms with E-state index in [1.54, 1.807) is 19.1 Å². The molecule has 1 aromatic carbocycles. The SMILES string of the molecule is CCS(=O)(=O)c1ccc2c(c1)CCCN2. The molecule has 82 valence electrons. The van der Waals surface area contributed by atoms with Gasteiger partial charge in [0.25, 0.3) is 0 Å². The number of fused-ring (bicyclic) bond motifs is 1. The standard InChI is InChI=1S/C11H15NO2S/c1-2-15(13,14)10-5-6-11-9(8-10)4-3-7-12-11/h5-6,8,12H,2-4,7H2,1H3. The van der Waals surface area contributed by atoms with Gasteiger partial charge in [0.1, 0.15) is 0 Å². The van der Waals surface area contributed by atoms with E-state index in [1.807, 2.05) is 6.07 Å². The highest BCUT2D eigenvalue weighted by molar-refractivity contribution is 7.91. The molecule has 0 saturated heterocycles. The average Bonchev–Trinajstić information content (AvgIpc) is 2.28. The highest BCUT2D eigenvalue weighted by Gasteiger charge is 2.15. The Morgan fingerprint density at radius 3 is 2.93 bits per heavy atom. The van der Waals surface area contributed by atoms with Crippen molar-refractivity contribution in [2.75, 3.05) is 17.6 Å². The van der Waals surface area contributed by atoms with E-state index in [0.29, 0.717) is 4.90 Å². The van der Waals surface area contributed by atoms with E-state index in [2.05, 4.69) is 5.32 Å². The van der Waals surface area contributed by atoms with Crippen molar-refractivity contribution in [3.63, 3.8) is 0 Å². The van der Waals surface area contributed by atoms with E-state index >= 15 is 0 Å². The summed E-state index contributed by atoms with van der Waals surface area (Å²) in [6.07, 6.45) is 2.04. The summed E-state index contributed by atoms with van der Waals surface area (Å²) >= 11 is 0. The van der Waals surface area contributed by atoms with Gasteiger partial charge < -0.3 is 5.32 Å². The molecule has 0 spiro atoms. The van der Waals surface area contributed by atoms with E-state index in [4.69, 9.17) is 0 Å². The fraction of sp³-hybridized carbons (Fsp3) is 0.455. The van der Waals surface area contributed by atoms with Crippen molar-refractivity contribution in [3.8, 4) is 0 Å². The first-order valence-corrected chi connectivity index (χ1v) is 6.88. The Labute approximate surface area is 90.4 Å². The lowest BCUT2D eigenvalue weighted by molar-refractivity contribution is 0.597. The first kappa shape index (κ1) is 10.5. The van der Waals surface area contributed by atoms with Crippen LogP contribution in [0.15, 0.2) is 23.1 Å². The van der Waals surface area contributed by atoms with Crippen LogP contribution in [0, 0.1) is 0 Å². The smallest absolute Gasteiger partial charge is 0.178 e. The van der Waals surface area contributed by atoms with Crippen LogP contribution >= 0.6 is 0 Å². The zero-order chi connectivity index (χ0) is 10.9. The normalized spacial score (nSPS) is 15.5. The third-order valence-corrected chi connectivity index (χ3v) is 4.49. The Hall–Kier alpha value is -1.03. The van der Waals surface area contributed by atoms with Crippen LogP contribution in [-0.2, 0) is 16.3 Å². The molecule has 0 aromatic heterocycles. The molecule has 0 atom stereocenters. The highest BCUT2D eigenvalue weighted by atomic mass is 32.2. The Morgan fingerprint density at radius 2 is 2.20 bits per heavy atom. The Bertz CT molecular complexity index is 465. The van der Waals surface area contributed by atoms with Crippen molar-refractivity contribution in [3.05, 3.63) is 23.8 Å². The van der Waals surface area contributed by atoms with E-state index < -0.39 is 9.84 Å². The molecule has 15 heavy (non-hydrogen) atoms. The van der Waals surface area contributed by atoms with Gasteiger partial charge in [-0.2, -0.15) is 0 Å². The summed E-state index contributed by atoms with van der Waals surface area (Å²) in [6.45, 7) is 2.65. The van der Waals surface area contributed by atoms with E-state index in [9.17, 15) is 8.42 Å². The molecule has 1 N–H and O–H groups in total. The zero-order valence-electron chi connectivity index (χ0n) is 8.79. The molecular formula is C11H15NO2S. The van der Waals surface area contributed by atoms with E-state index in [1.165, 1.54) is 0 Å². The number of rotatable bonds is 2. The van der Waals surface area contributed by atoms with Crippen molar-refractivity contribution in [1.82, 2.24) is 0 Å². The van der Waals surface area contributed by atoms with Gasteiger partial charge in [-0.15, -0.1) is 0 Å². The van der Waals surface area contributed by atoms with E-state index in [-0.39, 0.29) is 5.75 Å².